The molecule has 0 fully saturated rings. The average Bonchev–Trinajstić information content (AvgIpc) is 3.05. The van der Waals surface area contributed by atoms with Crippen LogP contribution in [0, 0.1) is 5.41 Å². The van der Waals surface area contributed by atoms with Crippen LogP contribution in [0.5, 0.6) is 0 Å². The van der Waals surface area contributed by atoms with Crippen molar-refractivity contribution in [3.8, 4) is 11.1 Å². The van der Waals surface area contributed by atoms with E-state index in [1.807, 2.05) is 48.7 Å². The summed E-state index contributed by atoms with van der Waals surface area (Å²) in [6.45, 7) is 0.749. The highest BCUT2D eigenvalue weighted by molar-refractivity contribution is 5.97. The minimum atomic E-state index is 0.749. The number of nitrogen functional groups attached to an aromatic ring is 1. The van der Waals surface area contributed by atoms with Gasteiger partial charge >= 0.3 is 0 Å². The Hall–Kier alpha value is -3.27. The molecule has 0 radical (unpaired) electrons. The van der Waals surface area contributed by atoms with Gasteiger partial charge in [-0.15, -0.1) is 0 Å². The molecule has 1 aliphatic heterocycles. The van der Waals surface area contributed by atoms with Gasteiger partial charge in [0.15, 0.2) is 0 Å². The molecule has 4 nitrogen and oxygen atoms in total. The van der Waals surface area contributed by atoms with Crippen molar-refractivity contribution in [3.63, 3.8) is 0 Å². The fourth-order valence-corrected chi connectivity index (χ4v) is 3.12. The van der Waals surface area contributed by atoms with Crippen LogP contribution < -0.4 is 11.1 Å². The summed E-state index contributed by atoms with van der Waals surface area (Å²) in [6, 6.07) is 15.9. The van der Waals surface area contributed by atoms with E-state index in [2.05, 4.69) is 22.4 Å². The molecule has 0 bridgehead atoms. The molecule has 2 heterocycles. The zero-order valence-electron chi connectivity index (χ0n) is 13.1. The Morgan fingerprint density at radius 1 is 1.04 bits per heavy atom. The van der Waals surface area contributed by atoms with Crippen molar-refractivity contribution in [1.29, 1.82) is 5.41 Å². The standard InChI is InChI=1S/C20H18N4/c21-10-13-4-3-5-14(8-13)15-9-17-18(12-24-20(17)23-11-15)16-6-1-2-7-19(16)22/h1-10,12,21,23-24H,11,22H2. The summed E-state index contributed by atoms with van der Waals surface area (Å²) in [5.41, 5.74) is 13.4. The van der Waals surface area contributed by atoms with Gasteiger partial charge in [-0.1, -0.05) is 36.4 Å². The van der Waals surface area contributed by atoms with Crippen molar-refractivity contribution in [2.45, 2.75) is 0 Å². The Balaban J connectivity index is 1.82. The Morgan fingerprint density at radius 3 is 2.75 bits per heavy atom. The number of nitrogens with one attached hydrogen (secondary N) is 3. The molecule has 0 unspecified atom stereocenters. The maximum absolute atomic E-state index is 7.44. The van der Waals surface area contributed by atoms with Crippen LogP contribution in [0.3, 0.4) is 0 Å². The van der Waals surface area contributed by atoms with Gasteiger partial charge in [-0.05, 0) is 34.9 Å². The number of H-pyrrole nitrogens is 1. The van der Waals surface area contributed by atoms with Gasteiger partial charge in [0, 0.05) is 41.3 Å². The van der Waals surface area contributed by atoms with E-state index in [-0.39, 0.29) is 0 Å². The second-order valence-electron chi connectivity index (χ2n) is 5.87. The van der Waals surface area contributed by atoms with Crippen molar-refractivity contribution in [2.75, 3.05) is 17.6 Å². The molecular weight excluding hydrogens is 296 g/mol. The summed E-state index contributed by atoms with van der Waals surface area (Å²) in [6.07, 6.45) is 5.57. The van der Waals surface area contributed by atoms with Crippen LogP contribution in [0.4, 0.5) is 11.5 Å². The molecule has 0 atom stereocenters. The summed E-state index contributed by atoms with van der Waals surface area (Å²) in [5.74, 6) is 1.01. The number of nitrogens with two attached hydrogens (primary N) is 1. The highest BCUT2D eigenvalue weighted by Gasteiger charge is 2.18. The molecule has 1 aromatic heterocycles. The Bertz CT molecular complexity index is 950. The van der Waals surface area contributed by atoms with Gasteiger partial charge in [0.2, 0.25) is 0 Å². The molecule has 0 aliphatic carbocycles. The van der Waals surface area contributed by atoms with E-state index < -0.39 is 0 Å². The van der Waals surface area contributed by atoms with Crippen LogP contribution in [0.1, 0.15) is 16.7 Å². The average molecular weight is 314 g/mol. The summed E-state index contributed by atoms with van der Waals surface area (Å²) in [5, 5.41) is 10.9. The van der Waals surface area contributed by atoms with Crippen LogP contribution >= 0.6 is 0 Å². The fourth-order valence-electron chi connectivity index (χ4n) is 3.12. The van der Waals surface area contributed by atoms with E-state index >= 15 is 0 Å². The number of aromatic amines is 1. The smallest absolute Gasteiger partial charge is 0.111 e. The Labute approximate surface area is 140 Å². The molecule has 24 heavy (non-hydrogen) atoms. The lowest BCUT2D eigenvalue weighted by Gasteiger charge is -2.17. The number of aromatic nitrogens is 1. The molecule has 118 valence electrons. The van der Waals surface area contributed by atoms with Crippen LogP contribution in [-0.4, -0.2) is 17.7 Å². The maximum Gasteiger partial charge on any atom is 0.111 e. The van der Waals surface area contributed by atoms with Crippen molar-refractivity contribution in [2.24, 2.45) is 0 Å². The molecule has 1 aliphatic rings. The van der Waals surface area contributed by atoms with Gasteiger partial charge in [-0.3, -0.25) is 0 Å². The predicted octanol–water partition coefficient (Wildman–Crippen LogP) is 4.23. The molecule has 0 spiro atoms. The topological polar surface area (TPSA) is 77.7 Å². The van der Waals surface area contributed by atoms with Crippen molar-refractivity contribution >= 4 is 29.4 Å². The number of fused-ring (bicyclic) bond motifs is 1. The van der Waals surface area contributed by atoms with Gasteiger partial charge in [-0.2, -0.15) is 0 Å². The van der Waals surface area contributed by atoms with Gasteiger partial charge in [0.1, 0.15) is 5.82 Å². The third-order valence-corrected chi connectivity index (χ3v) is 4.37. The third kappa shape index (κ3) is 2.38. The number of anilines is 2. The first kappa shape index (κ1) is 14.3. The fraction of sp³-hybridized carbons (Fsp3) is 0.0500. The molecule has 4 rings (SSSR count). The van der Waals surface area contributed by atoms with Crippen LogP contribution in [-0.2, 0) is 0 Å². The molecule has 0 saturated heterocycles. The first-order valence-corrected chi connectivity index (χ1v) is 7.88. The van der Waals surface area contributed by atoms with E-state index in [1.165, 1.54) is 11.8 Å². The number of rotatable bonds is 3. The van der Waals surface area contributed by atoms with E-state index in [9.17, 15) is 0 Å². The second kappa shape index (κ2) is 5.74. The predicted molar refractivity (Wildman–Crippen MR) is 101 cm³/mol. The molecule has 0 saturated carbocycles. The van der Waals surface area contributed by atoms with E-state index in [0.717, 1.165) is 45.9 Å². The van der Waals surface area contributed by atoms with Gasteiger partial charge in [0.05, 0.1) is 0 Å². The van der Waals surface area contributed by atoms with Crippen molar-refractivity contribution in [1.82, 2.24) is 4.98 Å². The van der Waals surface area contributed by atoms with Crippen LogP contribution in [0.2, 0.25) is 0 Å². The van der Waals surface area contributed by atoms with Crippen LogP contribution in [0.25, 0.3) is 22.8 Å². The van der Waals surface area contributed by atoms with Gasteiger partial charge in [-0.25, -0.2) is 0 Å². The van der Waals surface area contributed by atoms with Gasteiger partial charge in [0.25, 0.3) is 0 Å². The third-order valence-electron chi connectivity index (χ3n) is 4.37. The SMILES string of the molecule is N=Cc1cccc(C2=Cc3c(-c4ccccc4N)c[nH]c3NC2)c1. The van der Waals surface area contributed by atoms with E-state index in [0.29, 0.717) is 0 Å². The summed E-state index contributed by atoms with van der Waals surface area (Å²) < 4.78 is 0. The Kier molecular flexibility index (Phi) is 3.43. The second-order valence-corrected chi connectivity index (χ2v) is 5.87. The lowest BCUT2D eigenvalue weighted by Crippen LogP contribution is -2.10. The highest BCUT2D eigenvalue weighted by atomic mass is 15.0. The normalized spacial score (nSPS) is 12.9. The quantitative estimate of drug-likeness (QED) is 0.431. The number of benzene rings is 2. The molecule has 0 amide bonds. The minimum Gasteiger partial charge on any atom is -0.398 e. The lowest BCUT2D eigenvalue weighted by atomic mass is 9.95. The van der Waals surface area contributed by atoms with Crippen molar-refractivity contribution in [3.05, 3.63) is 71.4 Å². The van der Waals surface area contributed by atoms with Crippen molar-refractivity contribution < 1.29 is 0 Å². The Morgan fingerprint density at radius 2 is 1.92 bits per heavy atom. The summed E-state index contributed by atoms with van der Waals surface area (Å²) >= 11 is 0. The maximum atomic E-state index is 7.44. The number of hydrogen-bond donors (Lipinski definition) is 4. The summed E-state index contributed by atoms with van der Waals surface area (Å²) in [7, 11) is 0. The zero-order chi connectivity index (χ0) is 16.5. The number of hydrogen-bond acceptors (Lipinski definition) is 3. The minimum absolute atomic E-state index is 0.749. The van der Waals surface area contributed by atoms with Crippen LogP contribution in [0.15, 0.2) is 54.7 Å². The van der Waals surface area contributed by atoms with E-state index in [1.54, 1.807) is 0 Å². The number of para-hydroxylation sites is 1. The molecule has 2 aromatic carbocycles. The first-order chi connectivity index (χ1) is 11.8. The first-order valence-electron chi connectivity index (χ1n) is 7.88. The largest absolute Gasteiger partial charge is 0.398 e. The highest BCUT2D eigenvalue weighted by Crippen LogP contribution is 2.37. The van der Waals surface area contributed by atoms with E-state index in [4.69, 9.17) is 11.1 Å². The molecule has 5 N–H and O–H groups in total. The lowest BCUT2D eigenvalue weighted by molar-refractivity contribution is 1.26. The molecular formula is C20H18N4. The summed E-state index contributed by atoms with van der Waals surface area (Å²) in [4.78, 5) is 3.30. The van der Waals surface area contributed by atoms with Gasteiger partial charge < -0.3 is 21.4 Å². The zero-order valence-corrected chi connectivity index (χ0v) is 13.1. The molecule has 4 heteroatoms. The molecule has 3 aromatic rings. The monoisotopic (exact) mass is 314 g/mol.